The minimum absolute atomic E-state index is 0.0707. The maximum absolute atomic E-state index is 13.2. The fourth-order valence-corrected chi connectivity index (χ4v) is 1.76. The Labute approximate surface area is 108 Å². The van der Waals surface area contributed by atoms with Gasteiger partial charge in [-0.25, -0.2) is 4.39 Å². The molecule has 6 nitrogen and oxygen atoms in total. The average molecular weight is 266 g/mol. The van der Waals surface area contributed by atoms with E-state index in [-0.39, 0.29) is 24.4 Å². The Bertz CT molecular complexity index is 543. The second-order valence-electron chi connectivity index (χ2n) is 3.98. The van der Waals surface area contributed by atoms with Gasteiger partial charge in [0.15, 0.2) is 11.6 Å². The van der Waals surface area contributed by atoms with Crippen LogP contribution in [0.4, 0.5) is 4.39 Å². The number of methoxy groups -OCH3 is 1. The maximum atomic E-state index is 13.2. The molecule has 0 radical (unpaired) electrons. The number of imide groups is 1. The van der Waals surface area contributed by atoms with Gasteiger partial charge in [0.2, 0.25) is 11.8 Å². The van der Waals surface area contributed by atoms with Gasteiger partial charge in [0.05, 0.1) is 7.11 Å². The first-order chi connectivity index (χ1) is 9.01. The van der Waals surface area contributed by atoms with E-state index in [1.165, 1.54) is 19.2 Å². The summed E-state index contributed by atoms with van der Waals surface area (Å²) in [7, 11) is 1.28. The zero-order valence-electron chi connectivity index (χ0n) is 10.1. The Kier molecular flexibility index (Phi) is 3.46. The third-order valence-electron chi connectivity index (χ3n) is 2.63. The topological polar surface area (TPSA) is 75.7 Å². The van der Waals surface area contributed by atoms with Crippen LogP contribution >= 0.6 is 0 Å². The van der Waals surface area contributed by atoms with E-state index in [2.05, 4.69) is 5.32 Å². The molecule has 100 valence electrons. The lowest BCUT2D eigenvalue weighted by atomic mass is 10.1. The Morgan fingerprint density at radius 2 is 1.95 bits per heavy atom. The molecule has 1 N–H and O–H groups in total. The largest absolute Gasteiger partial charge is 0.494 e. The van der Waals surface area contributed by atoms with Crippen molar-refractivity contribution in [2.24, 2.45) is 0 Å². The molecule has 2 rings (SSSR count). The molecule has 3 amide bonds. The number of nitrogens with zero attached hydrogens (tertiary/aromatic N) is 1. The first kappa shape index (κ1) is 13.0. The Hall–Kier alpha value is -2.44. The second-order valence-corrected chi connectivity index (χ2v) is 3.98. The molecule has 0 atom stereocenters. The van der Waals surface area contributed by atoms with Gasteiger partial charge in [0.25, 0.3) is 5.91 Å². The van der Waals surface area contributed by atoms with Gasteiger partial charge in [-0.1, -0.05) is 0 Å². The van der Waals surface area contributed by atoms with Crippen molar-refractivity contribution in [3.8, 4) is 5.75 Å². The number of rotatable bonds is 2. The minimum atomic E-state index is -0.591. The van der Waals surface area contributed by atoms with E-state index in [1.54, 1.807) is 0 Å². The molecule has 0 aliphatic carbocycles. The van der Waals surface area contributed by atoms with Crippen LogP contribution in [0.1, 0.15) is 10.4 Å². The number of nitrogens with one attached hydrogen (secondary N) is 1. The predicted octanol–water partition coefficient (Wildman–Crippen LogP) is -0.0671. The van der Waals surface area contributed by atoms with Crippen molar-refractivity contribution in [3.63, 3.8) is 0 Å². The SMILES string of the molecule is COc1cc(C(=O)N2CC(=O)NC(=O)C2)ccc1F. The average Bonchev–Trinajstić information content (AvgIpc) is 2.37. The molecule has 1 aliphatic rings. The molecule has 0 unspecified atom stereocenters. The molecule has 19 heavy (non-hydrogen) atoms. The number of ether oxygens (including phenoxy) is 1. The van der Waals surface area contributed by atoms with Gasteiger partial charge in [0.1, 0.15) is 13.1 Å². The summed E-state index contributed by atoms with van der Waals surface area (Å²) in [6.07, 6.45) is 0. The highest BCUT2D eigenvalue weighted by Crippen LogP contribution is 2.19. The number of piperazine rings is 1. The van der Waals surface area contributed by atoms with E-state index in [4.69, 9.17) is 4.74 Å². The van der Waals surface area contributed by atoms with Gasteiger partial charge < -0.3 is 9.64 Å². The molecule has 0 aromatic heterocycles. The van der Waals surface area contributed by atoms with Crippen LogP contribution in [0.2, 0.25) is 0 Å². The number of benzene rings is 1. The Morgan fingerprint density at radius 3 is 2.53 bits per heavy atom. The van der Waals surface area contributed by atoms with Crippen LogP contribution in [0.25, 0.3) is 0 Å². The lowest BCUT2D eigenvalue weighted by molar-refractivity contribution is -0.135. The number of carbonyl (C=O) groups excluding carboxylic acids is 3. The molecular weight excluding hydrogens is 255 g/mol. The van der Waals surface area contributed by atoms with Crippen LogP contribution in [-0.2, 0) is 9.59 Å². The Balaban J connectivity index is 2.24. The highest BCUT2D eigenvalue weighted by atomic mass is 19.1. The third kappa shape index (κ3) is 2.70. The summed E-state index contributed by atoms with van der Waals surface area (Å²) in [6.45, 7) is -0.408. The lowest BCUT2D eigenvalue weighted by Crippen LogP contribution is -2.53. The van der Waals surface area contributed by atoms with Gasteiger partial charge in [-0.15, -0.1) is 0 Å². The second kappa shape index (κ2) is 5.05. The van der Waals surface area contributed by atoms with Gasteiger partial charge in [-0.05, 0) is 18.2 Å². The number of carbonyl (C=O) groups is 3. The van der Waals surface area contributed by atoms with E-state index >= 15 is 0 Å². The molecule has 0 bridgehead atoms. The van der Waals surface area contributed by atoms with Gasteiger partial charge in [0, 0.05) is 5.56 Å². The van der Waals surface area contributed by atoms with E-state index in [9.17, 15) is 18.8 Å². The molecule has 1 aromatic carbocycles. The van der Waals surface area contributed by atoms with Crippen molar-refractivity contribution < 1.29 is 23.5 Å². The quantitative estimate of drug-likeness (QED) is 0.760. The maximum Gasteiger partial charge on any atom is 0.254 e. The molecule has 0 spiro atoms. The van der Waals surface area contributed by atoms with Crippen LogP contribution in [0.15, 0.2) is 18.2 Å². The van der Waals surface area contributed by atoms with Crippen LogP contribution in [0.3, 0.4) is 0 Å². The standard InChI is InChI=1S/C12H11FN2O4/c1-19-9-4-7(2-3-8(9)13)12(18)15-5-10(16)14-11(17)6-15/h2-4H,5-6H2,1H3,(H,14,16,17). The van der Waals surface area contributed by atoms with Gasteiger partial charge in [-0.2, -0.15) is 0 Å². The number of halogens is 1. The first-order valence-electron chi connectivity index (χ1n) is 5.46. The molecule has 1 aliphatic heterocycles. The summed E-state index contributed by atoms with van der Waals surface area (Å²) in [5.41, 5.74) is 0.153. The predicted molar refractivity (Wildman–Crippen MR) is 62.0 cm³/mol. The molecule has 7 heteroatoms. The van der Waals surface area contributed by atoms with Crippen molar-refractivity contribution in [2.75, 3.05) is 20.2 Å². The molecule has 1 fully saturated rings. The van der Waals surface area contributed by atoms with Gasteiger partial charge in [-0.3, -0.25) is 19.7 Å². The molecule has 0 saturated carbocycles. The number of hydrogen-bond acceptors (Lipinski definition) is 4. The van der Waals surface area contributed by atoms with E-state index < -0.39 is 23.5 Å². The number of amides is 3. The monoisotopic (exact) mass is 266 g/mol. The number of hydrogen-bond donors (Lipinski definition) is 1. The van der Waals surface area contributed by atoms with Crippen molar-refractivity contribution >= 4 is 17.7 Å². The molecular formula is C12H11FN2O4. The zero-order chi connectivity index (χ0) is 14.0. The smallest absolute Gasteiger partial charge is 0.254 e. The summed E-state index contributed by atoms with van der Waals surface area (Å²) in [6, 6.07) is 3.60. The summed E-state index contributed by atoms with van der Waals surface area (Å²) >= 11 is 0. The summed E-state index contributed by atoms with van der Waals surface area (Å²) in [5, 5.41) is 2.09. The van der Waals surface area contributed by atoms with E-state index in [0.29, 0.717) is 0 Å². The minimum Gasteiger partial charge on any atom is -0.494 e. The van der Waals surface area contributed by atoms with Crippen molar-refractivity contribution in [3.05, 3.63) is 29.6 Å². The third-order valence-corrected chi connectivity index (χ3v) is 2.63. The van der Waals surface area contributed by atoms with E-state index in [0.717, 1.165) is 11.0 Å². The highest BCUT2D eigenvalue weighted by molar-refractivity contribution is 6.05. The van der Waals surface area contributed by atoms with Crippen molar-refractivity contribution in [2.45, 2.75) is 0 Å². The molecule has 1 saturated heterocycles. The van der Waals surface area contributed by atoms with Gasteiger partial charge >= 0.3 is 0 Å². The lowest BCUT2D eigenvalue weighted by Gasteiger charge is -2.25. The van der Waals surface area contributed by atoms with Crippen LogP contribution < -0.4 is 10.1 Å². The molecule has 1 heterocycles. The Morgan fingerprint density at radius 1 is 1.32 bits per heavy atom. The normalized spacial score (nSPS) is 15.2. The zero-order valence-corrected chi connectivity index (χ0v) is 10.1. The molecule has 1 aromatic rings. The van der Waals surface area contributed by atoms with Crippen molar-refractivity contribution in [1.82, 2.24) is 10.2 Å². The van der Waals surface area contributed by atoms with Crippen molar-refractivity contribution in [1.29, 1.82) is 0 Å². The van der Waals surface area contributed by atoms with Crippen LogP contribution in [-0.4, -0.2) is 42.8 Å². The summed E-state index contributed by atoms with van der Waals surface area (Å²) in [5.74, 6) is -2.27. The highest BCUT2D eigenvalue weighted by Gasteiger charge is 2.27. The fourth-order valence-electron chi connectivity index (χ4n) is 1.76. The fraction of sp³-hybridized carbons (Fsp3) is 0.250. The summed E-state index contributed by atoms with van der Waals surface area (Å²) in [4.78, 5) is 35.5. The first-order valence-corrected chi connectivity index (χ1v) is 5.46. The van der Waals surface area contributed by atoms with Crippen LogP contribution in [0, 0.1) is 5.82 Å². The summed E-state index contributed by atoms with van der Waals surface area (Å²) < 4.78 is 18.0. The van der Waals surface area contributed by atoms with E-state index in [1.807, 2.05) is 0 Å². The van der Waals surface area contributed by atoms with Crippen LogP contribution in [0.5, 0.6) is 5.75 Å².